The Hall–Kier alpha value is -1.10. The molecule has 0 radical (unpaired) electrons. The zero-order valence-electron chi connectivity index (χ0n) is 6.65. The molecule has 1 aliphatic heterocycles. The van der Waals surface area contributed by atoms with Crippen molar-refractivity contribution in [2.75, 3.05) is 5.75 Å². The van der Waals surface area contributed by atoms with Gasteiger partial charge in [-0.3, -0.25) is 5.43 Å². The maximum atomic E-state index is 10.6. The molecule has 0 spiro atoms. The number of nitrogens with zero attached hydrogens (tertiary/aromatic N) is 1. The van der Waals surface area contributed by atoms with Gasteiger partial charge in [-0.05, 0) is 17.9 Å². The summed E-state index contributed by atoms with van der Waals surface area (Å²) < 4.78 is 0. The summed E-state index contributed by atoms with van der Waals surface area (Å²) in [6.45, 7) is 1.98. The predicted molar refractivity (Wildman–Crippen MR) is 48.4 cm³/mol. The predicted octanol–water partition coefficient (Wildman–Crippen LogP) is 1.59. The minimum Gasteiger partial charge on any atom is -0.463 e. The number of allylic oxidation sites excluding steroid dienone is 2. The van der Waals surface area contributed by atoms with Crippen molar-refractivity contribution in [3.63, 3.8) is 0 Å². The van der Waals surface area contributed by atoms with E-state index in [1.807, 2.05) is 6.92 Å². The average molecular weight is 186 g/mol. The highest BCUT2D eigenvalue weighted by molar-refractivity contribution is 8.03. The first-order valence-electron chi connectivity index (χ1n) is 3.54. The van der Waals surface area contributed by atoms with Gasteiger partial charge in [-0.2, -0.15) is 5.01 Å². The first-order chi connectivity index (χ1) is 5.75. The summed E-state index contributed by atoms with van der Waals surface area (Å²) in [4.78, 5) is 10.6. The van der Waals surface area contributed by atoms with E-state index in [1.165, 1.54) is 11.8 Å². The molecule has 2 N–H and O–H groups in total. The molecule has 5 heteroatoms. The van der Waals surface area contributed by atoms with Crippen molar-refractivity contribution in [2.45, 2.75) is 6.92 Å². The van der Waals surface area contributed by atoms with Gasteiger partial charge < -0.3 is 5.11 Å². The largest absolute Gasteiger partial charge is 0.463 e. The fourth-order valence-electron chi connectivity index (χ4n) is 0.796. The molecular weight excluding hydrogens is 176 g/mol. The van der Waals surface area contributed by atoms with Crippen molar-refractivity contribution < 1.29 is 9.90 Å². The third-order valence-corrected chi connectivity index (χ3v) is 2.15. The Morgan fingerprint density at radius 1 is 1.83 bits per heavy atom. The van der Waals surface area contributed by atoms with Crippen LogP contribution in [0.5, 0.6) is 0 Å². The van der Waals surface area contributed by atoms with E-state index in [0.29, 0.717) is 5.03 Å². The molecular formula is C7H10N2O2S. The second-order valence-corrected chi connectivity index (χ2v) is 3.33. The third kappa shape index (κ3) is 1.94. The van der Waals surface area contributed by atoms with Crippen LogP contribution in [0.3, 0.4) is 0 Å². The molecule has 0 saturated heterocycles. The van der Waals surface area contributed by atoms with Gasteiger partial charge in [0.25, 0.3) is 0 Å². The fourth-order valence-corrected chi connectivity index (χ4v) is 1.53. The number of hydrogen-bond acceptors (Lipinski definition) is 3. The van der Waals surface area contributed by atoms with Gasteiger partial charge >= 0.3 is 6.09 Å². The Balaban J connectivity index is 2.69. The maximum absolute atomic E-state index is 10.6. The third-order valence-electron chi connectivity index (χ3n) is 1.24. The number of carbonyl (C=O) groups is 1. The van der Waals surface area contributed by atoms with Crippen molar-refractivity contribution in [3.05, 3.63) is 23.4 Å². The number of amides is 1. The molecule has 0 unspecified atom stereocenters. The van der Waals surface area contributed by atoms with Crippen LogP contribution in [0.4, 0.5) is 4.79 Å². The second-order valence-electron chi connectivity index (χ2n) is 2.04. The van der Waals surface area contributed by atoms with E-state index in [4.69, 9.17) is 5.11 Å². The minimum atomic E-state index is -0.994. The molecule has 0 aromatic rings. The quantitative estimate of drug-likeness (QED) is 0.687. The van der Waals surface area contributed by atoms with E-state index in [0.717, 1.165) is 10.8 Å². The zero-order chi connectivity index (χ0) is 8.97. The molecule has 0 bridgehead atoms. The van der Waals surface area contributed by atoms with Crippen molar-refractivity contribution in [1.82, 2.24) is 10.4 Å². The first-order valence-corrected chi connectivity index (χ1v) is 4.53. The standard InChI is InChI=1S/C7H10N2O2S/c1-2-12-6-4-3-5-8-9(6)7(10)11/h3-5,8H,2H2,1H3,(H,10,11). The lowest BCUT2D eigenvalue weighted by Crippen LogP contribution is -2.38. The summed E-state index contributed by atoms with van der Waals surface area (Å²) in [5.74, 6) is 0.852. The molecule has 0 aliphatic carbocycles. The van der Waals surface area contributed by atoms with Crippen molar-refractivity contribution in [1.29, 1.82) is 0 Å². The fraction of sp³-hybridized carbons (Fsp3) is 0.286. The Kier molecular flexibility index (Phi) is 3.04. The van der Waals surface area contributed by atoms with E-state index < -0.39 is 6.09 Å². The lowest BCUT2D eigenvalue weighted by atomic mass is 10.5. The number of thioether (sulfide) groups is 1. The Morgan fingerprint density at radius 2 is 2.58 bits per heavy atom. The summed E-state index contributed by atoms with van der Waals surface area (Å²) >= 11 is 1.48. The van der Waals surface area contributed by atoms with Crippen molar-refractivity contribution in [2.24, 2.45) is 0 Å². The van der Waals surface area contributed by atoms with E-state index in [1.54, 1.807) is 18.4 Å². The normalized spacial score (nSPS) is 15.4. The molecule has 66 valence electrons. The topological polar surface area (TPSA) is 52.6 Å². The van der Waals surface area contributed by atoms with Crippen LogP contribution in [0, 0.1) is 0 Å². The van der Waals surface area contributed by atoms with Crippen LogP contribution in [-0.4, -0.2) is 22.0 Å². The molecule has 0 aromatic heterocycles. The van der Waals surface area contributed by atoms with Gasteiger partial charge in [0.2, 0.25) is 0 Å². The first kappa shape index (κ1) is 8.99. The van der Waals surface area contributed by atoms with E-state index in [2.05, 4.69) is 5.43 Å². The van der Waals surface area contributed by atoms with Gasteiger partial charge in [0.05, 0.1) is 0 Å². The summed E-state index contributed by atoms with van der Waals surface area (Å²) in [6, 6.07) is 0. The van der Waals surface area contributed by atoms with Gasteiger partial charge in [0.15, 0.2) is 0 Å². The van der Waals surface area contributed by atoms with Crippen LogP contribution in [0.2, 0.25) is 0 Å². The Labute approximate surface area is 74.9 Å². The van der Waals surface area contributed by atoms with Crippen molar-refractivity contribution >= 4 is 17.9 Å². The number of nitrogens with one attached hydrogen (secondary N) is 1. The van der Waals surface area contributed by atoms with Crippen LogP contribution in [0.1, 0.15) is 6.92 Å². The smallest absolute Gasteiger partial charge is 0.431 e. The molecule has 0 saturated carbocycles. The monoisotopic (exact) mass is 186 g/mol. The molecule has 0 aromatic carbocycles. The van der Waals surface area contributed by atoms with E-state index in [-0.39, 0.29) is 0 Å². The summed E-state index contributed by atoms with van der Waals surface area (Å²) in [5.41, 5.74) is 2.62. The number of rotatable bonds is 2. The van der Waals surface area contributed by atoms with Gasteiger partial charge in [0, 0.05) is 6.20 Å². The van der Waals surface area contributed by atoms with Gasteiger partial charge in [-0.25, -0.2) is 4.79 Å². The van der Waals surface area contributed by atoms with Gasteiger partial charge in [-0.1, -0.05) is 6.92 Å². The summed E-state index contributed by atoms with van der Waals surface area (Å²) in [7, 11) is 0. The minimum absolute atomic E-state index is 0.701. The number of hydrazine groups is 1. The number of carboxylic acid groups (broad SMARTS) is 1. The van der Waals surface area contributed by atoms with Crippen molar-refractivity contribution in [3.8, 4) is 0 Å². The van der Waals surface area contributed by atoms with E-state index >= 15 is 0 Å². The molecule has 1 amide bonds. The molecule has 4 nitrogen and oxygen atoms in total. The van der Waals surface area contributed by atoms with Crippen LogP contribution < -0.4 is 5.43 Å². The Morgan fingerprint density at radius 3 is 3.17 bits per heavy atom. The lowest BCUT2D eigenvalue weighted by Gasteiger charge is -2.22. The molecule has 0 fully saturated rings. The highest BCUT2D eigenvalue weighted by atomic mass is 32.2. The molecule has 1 aliphatic rings. The number of hydrogen-bond donors (Lipinski definition) is 2. The molecule has 12 heavy (non-hydrogen) atoms. The molecule has 1 rings (SSSR count). The van der Waals surface area contributed by atoms with Crippen LogP contribution in [0.15, 0.2) is 23.4 Å². The highest BCUT2D eigenvalue weighted by Crippen LogP contribution is 2.20. The van der Waals surface area contributed by atoms with E-state index in [9.17, 15) is 4.79 Å². The van der Waals surface area contributed by atoms with Crippen LogP contribution >= 0.6 is 11.8 Å². The maximum Gasteiger partial charge on any atom is 0.431 e. The SMILES string of the molecule is CCSC1=CC=CNN1C(=O)O. The van der Waals surface area contributed by atoms with Gasteiger partial charge in [-0.15, -0.1) is 11.8 Å². The van der Waals surface area contributed by atoms with Gasteiger partial charge in [0.1, 0.15) is 5.03 Å². The van der Waals surface area contributed by atoms with Crippen LogP contribution in [0.25, 0.3) is 0 Å². The average Bonchev–Trinajstić information content (AvgIpc) is 2.05. The summed E-state index contributed by atoms with van der Waals surface area (Å²) in [5, 5.41) is 10.5. The molecule has 1 heterocycles. The molecule has 0 atom stereocenters. The second kappa shape index (κ2) is 4.06. The highest BCUT2D eigenvalue weighted by Gasteiger charge is 2.16. The summed E-state index contributed by atoms with van der Waals surface area (Å²) in [6.07, 6.45) is 4.12. The van der Waals surface area contributed by atoms with Crippen LogP contribution in [-0.2, 0) is 0 Å². The lowest BCUT2D eigenvalue weighted by molar-refractivity contribution is 0.150. The Bertz CT molecular complexity index is 238. The zero-order valence-corrected chi connectivity index (χ0v) is 7.47.